The first-order valence-corrected chi connectivity index (χ1v) is 8.89. The lowest BCUT2D eigenvalue weighted by molar-refractivity contribution is -0.116. The number of anilines is 2. The molecule has 0 radical (unpaired) electrons. The maximum absolute atomic E-state index is 11.7. The van der Waals surface area contributed by atoms with Gasteiger partial charge in [0.15, 0.2) is 11.5 Å². The molecule has 0 atom stereocenters. The number of ether oxygens (including phenoxy) is 2. The highest BCUT2D eigenvalue weighted by Crippen LogP contribution is 2.34. The maximum Gasteiger partial charge on any atom is 0.225 e. The fourth-order valence-electron chi connectivity index (χ4n) is 3.18. The van der Waals surface area contributed by atoms with Crippen LogP contribution >= 0.6 is 0 Å². The van der Waals surface area contributed by atoms with Gasteiger partial charge in [0, 0.05) is 19.5 Å². The molecule has 1 amide bonds. The van der Waals surface area contributed by atoms with Crippen molar-refractivity contribution in [2.75, 3.05) is 31.0 Å². The summed E-state index contributed by atoms with van der Waals surface area (Å²) in [7, 11) is 3.31. The number of carbonyl (C=O) groups excluding carboxylic acids is 1. The number of hydrogen-bond donors (Lipinski definition) is 1. The quantitative estimate of drug-likeness (QED) is 0.860. The van der Waals surface area contributed by atoms with Crippen molar-refractivity contribution < 1.29 is 14.3 Å². The fraction of sp³-hybridized carbons (Fsp3) is 0.400. The van der Waals surface area contributed by atoms with E-state index in [0.29, 0.717) is 12.2 Å². The highest BCUT2D eigenvalue weighted by Gasteiger charge is 2.20. The summed E-state index contributed by atoms with van der Waals surface area (Å²) in [6, 6.07) is 7.97. The molecule has 0 unspecified atom stereocenters. The molecule has 2 aromatic rings. The van der Waals surface area contributed by atoms with Gasteiger partial charge in [-0.05, 0) is 48.2 Å². The SMILES string of the molecule is CCCC(=O)Nc1ccc(N2CCc3cc(OC)c(OC)cc3C2)cn1. The van der Waals surface area contributed by atoms with E-state index >= 15 is 0 Å². The van der Waals surface area contributed by atoms with Gasteiger partial charge in [-0.2, -0.15) is 0 Å². The Morgan fingerprint density at radius 2 is 1.92 bits per heavy atom. The third-order valence-electron chi connectivity index (χ3n) is 4.58. The van der Waals surface area contributed by atoms with Gasteiger partial charge in [-0.15, -0.1) is 0 Å². The lowest BCUT2D eigenvalue weighted by atomic mass is 9.98. The number of pyridine rings is 1. The Morgan fingerprint density at radius 3 is 2.54 bits per heavy atom. The summed E-state index contributed by atoms with van der Waals surface area (Å²) < 4.78 is 10.8. The Bertz CT molecular complexity index is 775. The van der Waals surface area contributed by atoms with Crippen LogP contribution in [0.3, 0.4) is 0 Å². The van der Waals surface area contributed by atoms with Gasteiger partial charge in [-0.1, -0.05) is 6.92 Å². The monoisotopic (exact) mass is 355 g/mol. The van der Waals surface area contributed by atoms with Crippen LogP contribution in [-0.4, -0.2) is 31.7 Å². The number of hydrogen-bond acceptors (Lipinski definition) is 5. The minimum Gasteiger partial charge on any atom is -0.493 e. The molecule has 0 saturated carbocycles. The van der Waals surface area contributed by atoms with Gasteiger partial charge in [-0.3, -0.25) is 4.79 Å². The predicted octanol–water partition coefficient (Wildman–Crippen LogP) is 3.40. The maximum atomic E-state index is 11.7. The third kappa shape index (κ3) is 3.90. The first-order valence-electron chi connectivity index (χ1n) is 8.89. The summed E-state index contributed by atoms with van der Waals surface area (Å²) in [4.78, 5) is 18.3. The van der Waals surface area contributed by atoms with E-state index in [-0.39, 0.29) is 5.91 Å². The summed E-state index contributed by atoms with van der Waals surface area (Å²) in [5.74, 6) is 2.12. The van der Waals surface area contributed by atoms with E-state index in [9.17, 15) is 4.79 Å². The number of fused-ring (bicyclic) bond motifs is 1. The van der Waals surface area contributed by atoms with E-state index in [0.717, 1.165) is 43.1 Å². The zero-order valence-corrected chi connectivity index (χ0v) is 15.5. The first-order chi connectivity index (χ1) is 12.6. The minimum atomic E-state index is 0.000641. The molecular weight excluding hydrogens is 330 g/mol. The lowest BCUT2D eigenvalue weighted by Gasteiger charge is -2.31. The molecule has 1 N–H and O–H groups in total. The van der Waals surface area contributed by atoms with E-state index < -0.39 is 0 Å². The van der Waals surface area contributed by atoms with Crippen LogP contribution in [0.15, 0.2) is 30.5 Å². The highest BCUT2D eigenvalue weighted by molar-refractivity contribution is 5.89. The zero-order chi connectivity index (χ0) is 18.5. The molecule has 3 rings (SSSR count). The van der Waals surface area contributed by atoms with E-state index in [4.69, 9.17) is 9.47 Å². The van der Waals surface area contributed by atoms with Crippen LogP contribution < -0.4 is 19.7 Å². The molecule has 1 aromatic heterocycles. The number of nitrogens with one attached hydrogen (secondary N) is 1. The van der Waals surface area contributed by atoms with Crippen LogP contribution in [-0.2, 0) is 17.8 Å². The van der Waals surface area contributed by atoms with Crippen molar-refractivity contribution in [2.24, 2.45) is 0 Å². The molecule has 0 spiro atoms. The average molecular weight is 355 g/mol. The molecule has 138 valence electrons. The smallest absolute Gasteiger partial charge is 0.225 e. The number of carbonyl (C=O) groups is 1. The number of rotatable bonds is 6. The number of aromatic nitrogens is 1. The molecule has 0 bridgehead atoms. The lowest BCUT2D eigenvalue weighted by Crippen LogP contribution is -2.30. The van der Waals surface area contributed by atoms with Crippen LogP contribution in [0.5, 0.6) is 11.5 Å². The number of methoxy groups -OCH3 is 2. The van der Waals surface area contributed by atoms with Gasteiger partial charge < -0.3 is 19.7 Å². The van der Waals surface area contributed by atoms with Gasteiger partial charge in [0.25, 0.3) is 0 Å². The van der Waals surface area contributed by atoms with Crippen LogP contribution in [0, 0.1) is 0 Å². The van der Waals surface area contributed by atoms with Crippen LogP contribution in [0.4, 0.5) is 11.5 Å². The third-order valence-corrected chi connectivity index (χ3v) is 4.58. The Balaban J connectivity index is 1.73. The van der Waals surface area contributed by atoms with Gasteiger partial charge in [0.2, 0.25) is 5.91 Å². The molecule has 26 heavy (non-hydrogen) atoms. The molecule has 0 fully saturated rings. The molecule has 2 heterocycles. The van der Waals surface area contributed by atoms with Crippen molar-refractivity contribution in [3.8, 4) is 11.5 Å². The zero-order valence-electron chi connectivity index (χ0n) is 15.5. The minimum absolute atomic E-state index is 0.000641. The molecule has 1 aliphatic rings. The van der Waals surface area contributed by atoms with Crippen LogP contribution in [0.2, 0.25) is 0 Å². The highest BCUT2D eigenvalue weighted by atomic mass is 16.5. The largest absolute Gasteiger partial charge is 0.493 e. The Kier molecular flexibility index (Phi) is 5.61. The fourth-order valence-corrected chi connectivity index (χ4v) is 3.18. The second kappa shape index (κ2) is 8.08. The summed E-state index contributed by atoms with van der Waals surface area (Å²) in [6.45, 7) is 3.68. The Hall–Kier alpha value is -2.76. The van der Waals surface area contributed by atoms with Gasteiger partial charge >= 0.3 is 0 Å². The molecule has 6 nitrogen and oxygen atoms in total. The molecule has 0 aliphatic carbocycles. The summed E-state index contributed by atoms with van der Waals surface area (Å²) in [6.07, 6.45) is 4.08. The van der Waals surface area contributed by atoms with Crippen molar-refractivity contribution in [3.05, 3.63) is 41.6 Å². The van der Waals surface area contributed by atoms with E-state index in [1.165, 1.54) is 11.1 Å². The van der Waals surface area contributed by atoms with Crippen molar-refractivity contribution in [3.63, 3.8) is 0 Å². The van der Waals surface area contributed by atoms with Crippen molar-refractivity contribution in [1.29, 1.82) is 0 Å². The molecule has 6 heteroatoms. The summed E-state index contributed by atoms with van der Waals surface area (Å²) in [5.41, 5.74) is 3.56. The average Bonchev–Trinajstić information content (AvgIpc) is 2.67. The van der Waals surface area contributed by atoms with Gasteiger partial charge in [0.05, 0.1) is 26.1 Å². The second-order valence-corrected chi connectivity index (χ2v) is 6.35. The van der Waals surface area contributed by atoms with Gasteiger partial charge in [0.1, 0.15) is 5.82 Å². The van der Waals surface area contributed by atoms with Crippen molar-refractivity contribution >= 4 is 17.4 Å². The van der Waals surface area contributed by atoms with E-state index in [2.05, 4.69) is 21.3 Å². The Morgan fingerprint density at radius 1 is 1.19 bits per heavy atom. The van der Waals surface area contributed by atoms with Gasteiger partial charge in [-0.25, -0.2) is 4.98 Å². The molecule has 1 aliphatic heterocycles. The van der Waals surface area contributed by atoms with E-state index in [1.807, 2.05) is 31.3 Å². The van der Waals surface area contributed by atoms with E-state index in [1.54, 1.807) is 14.2 Å². The van der Waals surface area contributed by atoms with Crippen molar-refractivity contribution in [1.82, 2.24) is 4.98 Å². The summed E-state index contributed by atoms with van der Waals surface area (Å²) in [5, 5.41) is 2.82. The van der Waals surface area contributed by atoms with Crippen LogP contribution in [0.1, 0.15) is 30.9 Å². The van der Waals surface area contributed by atoms with Crippen molar-refractivity contribution in [2.45, 2.75) is 32.7 Å². The van der Waals surface area contributed by atoms with Crippen LogP contribution in [0.25, 0.3) is 0 Å². The standard InChI is InChI=1S/C20H25N3O3/c1-4-5-20(24)22-19-7-6-16(12-21-19)23-9-8-14-10-17(25-2)18(26-3)11-15(14)13-23/h6-7,10-12H,4-5,8-9,13H2,1-3H3,(H,21,22,24). The molecular formula is C20H25N3O3. The topological polar surface area (TPSA) is 63.7 Å². The summed E-state index contributed by atoms with van der Waals surface area (Å²) >= 11 is 0. The second-order valence-electron chi connectivity index (χ2n) is 6.35. The number of benzene rings is 1. The molecule has 0 saturated heterocycles. The predicted molar refractivity (Wildman–Crippen MR) is 102 cm³/mol. The normalized spacial score (nSPS) is 13.1. The Labute approximate surface area is 154 Å². The first kappa shape index (κ1) is 18.0. The molecule has 1 aromatic carbocycles. The number of nitrogens with zero attached hydrogens (tertiary/aromatic N) is 2. The number of amides is 1.